The molecule has 0 saturated heterocycles. The SMILES string of the molecule is CB(O)[C@H](CC(C)C)NC(=O)CCC(=O)c1cc(Cl)ccc1Cl. The number of halogens is 2. The number of amides is 1. The largest absolute Gasteiger partial charge is 0.449 e. The first kappa shape index (κ1) is 20.0. The number of carbonyl (C=O) groups excluding carboxylic acids is 2. The van der Waals surface area contributed by atoms with E-state index in [1.807, 2.05) is 13.8 Å². The number of Topliss-reactive ketones (excluding diaryl/α,β-unsaturated/α-hetero) is 1. The van der Waals surface area contributed by atoms with Crippen LogP contribution in [0.15, 0.2) is 18.2 Å². The van der Waals surface area contributed by atoms with Gasteiger partial charge in [0.1, 0.15) is 0 Å². The number of hydrogen-bond donors (Lipinski definition) is 2. The van der Waals surface area contributed by atoms with Crippen molar-refractivity contribution in [2.45, 2.75) is 45.9 Å². The predicted octanol–water partition coefficient (Wildman–Crippen LogP) is 3.64. The van der Waals surface area contributed by atoms with Gasteiger partial charge < -0.3 is 10.3 Å². The van der Waals surface area contributed by atoms with Gasteiger partial charge in [0.05, 0.1) is 5.02 Å². The van der Waals surface area contributed by atoms with E-state index < -0.39 is 6.92 Å². The molecule has 1 aromatic carbocycles. The van der Waals surface area contributed by atoms with Gasteiger partial charge >= 0.3 is 6.92 Å². The van der Waals surface area contributed by atoms with Crippen LogP contribution in [0.5, 0.6) is 0 Å². The van der Waals surface area contributed by atoms with Crippen LogP contribution in [0.4, 0.5) is 0 Å². The number of hydrogen-bond acceptors (Lipinski definition) is 3. The van der Waals surface area contributed by atoms with Gasteiger partial charge in [0.2, 0.25) is 5.91 Å². The molecule has 1 aromatic rings. The van der Waals surface area contributed by atoms with Gasteiger partial charge in [-0.3, -0.25) is 9.59 Å². The molecule has 0 aliphatic carbocycles. The Hall–Kier alpha value is -1.04. The highest BCUT2D eigenvalue weighted by Crippen LogP contribution is 2.22. The summed E-state index contributed by atoms with van der Waals surface area (Å²) < 4.78 is 0. The zero-order valence-corrected chi connectivity index (χ0v) is 15.1. The van der Waals surface area contributed by atoms with Crippen LogP contribution in [-0.2, 0) is 4.79 Å². The molecule has 7 heteroatoms. The maximum atomic E-state index is 12.1. The lowest BCUT2D eigenvalue weighted by molar-refractivity contribution is -0.121. The van der Waals surface area contributed by atoms with Crippen molar-refractivity contribution in [3.63, 3.8) is 0 Å². The highest BCUT2D eigenvalue weighted by Gasteiger charge is 2.23. The lowest BCUT2D eigenvalue weighted by atomic mass is 9.61. The van der Waals surface area contributed by atoms with Crippen molar-refractivity contribution in [2.24, 2.45) is 5.92 Å². The fourth-order valence-electron chi connectivity index (χ4n) is 2.24. The maximum Gasteiger partial charge on any atom is 0.308 e. The number of ketones is 1. The van der Waals surface area contributed by atoms with Gasteiger partial charge in [0.15, 0.2) is 5.78 Å². The molecular weight excluding hydrogens is 336 g/mol. The van der Waals surface area contributed by atoms with Crippen molar-refractivity contribution in [2.75, 3.05) is 0 Å². The molecule has 1 amide bonds. The molecule has 0 aliphatic rings. The molecule has 0 fully saturated rings. The summed E-state index contributed by atoms with van der Waals surface area (Å²) >= 11 is 11.8. The van der Waals surface area contributed by atoms with E-state index in [1.54, 1.807) is 19.0 Å². The monoisotopic (exact) mass is 357 g/mol. The van der Waals surface area contributed by atoms with Crippen molar-refractivity contribution in [3.8, 4) is 0 Å². The van der Waals surface area contributed by atoms with Crippen LogP contribution in [0.2, 0.25) is 16.9 Å². The third-order valence-corrected chi connectivity index (χ3v) is 4.03. The second kappa shape index (κ2) is 9.31. The molecule has 23 heavy (non-hydrogen) atoms. The minimum absolute atomic E-state index is 0.0418. The molecule has 126 valence electrons. The summed E-state index contributed by atoms with van der Waals surface area (Å²) in [5.74, 6) is -0.456. The molecular formula is C16H22BCl2NO3. The van der Waals surface area contributed by atoms with Crippen LogP contribution in [-0.4, -0.2) is 29.6 Å². The number of carbonyl (C=O) groups is 2. The van der Waals surface area contributed by atoms with E-state index in [-0.39, 0.29) is 30.5 Å². The Bertz CT molecular complexity index is 564. The molecule has 0 bridgehead atoms. The number of benzene rings is 1. The molecule has 0 heterocycles. The quantitative estimate of drug-likeness (QED) is 0.551. The van der Waals surface area contributed by atoms with Gasteiger partial charge in [0, 0.05) is 29.4 Å². The van der Waals surface area contributed by atoms with Gasteiger partial charge in [0.25, 0.3) is 0 Å². The normalized spacial score (nSPS) is 12.1. The van der Waals surface area contributed by atoms with E-state index in [2.05, 4.69) is 5.32 Å². The van der Waals surface area contributed by atoms with E-state index in [9.17, 15) is 14.6 Å². The third-order valence-electron chi connectivity index (χ3n) is 3.46. The Balaban J connectivity index is 2.58. The number of nitrogens with one attached hydrogen (secondary N) is 1. The summed E-state index contributed by atoms with van der Waals surface area (Å²) in [5, 5.41) is 13.2. The fraction of sp³-hybridized carbons (Fsp3) is 0.500. The van der Waals surface area contributed by atoms with E-state index in [0.29, 0.717) is 27.9 Å². The van der Waals surface area contributed by atoms with Gasteiger partial charge in [-0.25, -0.2) is 0 Å². The van der Waals surface area contributed by atoms with Crippen LogP contribution in [0.1, 0.15) is 43.5 Å². The summed E-state index contributed by atoms with van der Waals surface area (Å²) in [6.45, 7) is 5.04. The van der Waals surface area contributed by atoms with Gasteiger partial charge in [-0.1, -0.05) is 43.9 Å². The first-order chi connectivity index (χ1) is 10.7. The van der Waals surface area contributed by atoms with Crippen molar-refractivity contribution in [1.29, 1.82) is 0 Å². The summed E-state index contributed by atoms with van der Waals surface area (Å²) in [7, 11) is 0. The van der Waals surface area contributed by atoms with Crippen LogP contribution in [0, 0.1) is 5.92 Å². The number of rotatable bonds is 8. The minimum atomic E-state index is -0.639. The fourth-order valence-corrected chi connectivity index (χ4v) is 2.63. The molecule has 0 saturated carbocycles. The average molecular weight is 358 g/mol. The van der Waals surface area contributed by atoms with Crippen LogP contribution in [0.25, 0.3) is 0 Å². The second-order valence-corrected chi connectivity index (χ2v) is 6.94. The zero-order chi connectivity index (χ0) is 17.6. The summed E-state index contributed by atoms with van der Waals surface area (Å²) in [6.07, 6.45) is 0.764. The average Bonchev–Trinajstić information content (AvgIpc) is 2.46. The van der Waals surface area contributed by atoms with Crippen LogP contribution >= 0.6 is 23.2 Å². The molecule has 0 aromatic heterocycles. The summed E-state index contributed by atoms with van der Waals surface area (Å²) in [6, 6.07) is 4.66. The van der Waals surface area contributed by atoms with E-state index in [4.69, 9.17) is 23.2 Å². The first-order valence-corrected chi connectivity index (χ1v) is 8.42. The molecule has 4 nitrogen and oxygen atoms in total. The minimum Gasteiger partial charge on any atom is -0.449 e. The zero-order valence-electron chi connectivity index (χ0n) is 13.6. The molecule has 2 N–H and O–H groups in total. The Morgan fingerprint density at radius 3 is 2.48 bits per heavy atom. The smallest absolute Gasteiger partial charge is 0.308 e. The van der Waals surface area contributed by atoms with Gasteiger partial charge in [-0.05, 0) is 30.5 Å². The van der Waals surface area contributed by atoms with Crippen molar-refractivity contribution >= 4 is 41.8 Å². The van der Waals surface area contributed by atoms with Crippen LogP contribution < -0.4 is 5.32 Å². The van der Waals surface area contributed by atoms with E-state index in [1.165, 1.54) is 6.07 Å². The maximum absolute atomic E-state index is 12.1. The molecule has 0 aliphatic heterocycles. The van der Waals surface area contributed by atoms with Gasteiger partial charge in [-0.2, -0.15) is 0 Å². The van der Waals surface area contributed by atoms with Crippen molar-refractivity contribution in [3.05, 3.63) is 33.8 Å². The first-order valence-electron chi connectivity index (χ1n) is 7.66. The Kier molecular flexibility index (Phi) is 8.10. The predicted molar refractivity (Wildman–Crippen MR) is 95.2 cm³/mol. The standard InChI is InChI=1S/C16H22BCl2NO3/c1-10(2)8-15(17(3)23)20-16(22)7-6-14(21)12-9-11(18)4-5-13(12)19/h4-5,9-10,15,23H,6-8H2,1-3H3,(H,20,22)/t15-/m0/s1. The Morgan fingerprint density at radius 1 is 1.26 bits per heavy atom. The molecule has 0 spiro atoms. The highest BCUT2D eigenvalue weighted by atomic mass is 35.5. The van der Waals surface area contributed by atoms with E-state index >= 15 is 0 Å². The van der Waals surface area contributed by atoms with Crippen molar-refractivity contribution in [1.82, 2.24) is 5.32 Å². The summed E-state index contributed by atoms with van der Waals surface area (Å²) in [5.41, 5.74) is 0.321. The highest BCUT2D eigenvalue weighted by molar-refractivity contribution is 6.51. The van der Waals surface area contributed by atoms with Crippen molar-refractivity contribution < 1.29 is 14.6 Å². The Morgan fingerprint density at radius 2 is 1.91 bits per heavy atom. The third kappa shape index (κ3) is 6.94. The van der Waals surface area contributed by atoms with Crippen LogP contribution in [0.3, 0.4) is 0 Å². The topological polar surface area (TPSA) is 66.4 Å². The lowest BCUT2D eigenvalue weighted by Gasteiger charge is -2.21. The molecule has 1 atom stereocenters. The Labute approximate surface area is 147 Å². The van der Waals surface area contributed by atoms with Gasteiger partial charge in [-0.15, -0.1) is 0 Å². The molecule has 0 unspecified atom stereocenters. The molecule has 1 rings (SSSR count). The molecule has 0 radical (unpaired) electrons. The second-order valence-electron chi connectivity index (χ2n) is 6.09. The lowest BCUT2D eigenvalue weighted by Crippen LogP contribution is -2.45. The summed E-state index contributed by atoms with van der Waals surface area (Å²) in [4.78, 5) is 24.1. The van der Waals surface area contributed by atoms with E-state index in [0.717, 1.165) is 0 Å².